The number of benzene rings is 1. The summed E-state index contributed by atoms with van der Waals surface area (Å²) in [4.78, 5) is 34.8. The Morgan fingerprint density at radius 3 is 2.25 bits per heavy atom. The molecule has 5 nitrogen and oxygen atoms in total. The number of carbonyl (C=O) groups excluding carboxylic acids is 2. The Hall–Kier alpha value is -2.17. The van der Waals surface area contributed by atoms with E-state index >= 15 is 0 Å². The van der Waals surface area contributed by atoms with Gasteiger partial charge in [-0.1, -0.05) is 44.2 Å². The second-order valence-corrected chi connectivity index (χ2v) is 5.38. The minimum Gasteiger partial charge on any atom is -0.480 e. The van der Waals surface area contributed by atoms with Gasteiger partial charge in [0.15, 0.2) is 5.78 Å². The van der Waals surface area contributed by atoms with E-state index in [0.717, 1.165) is 0 Å². The first-order chi connectivity index (χ1) is 9.24. The number of carbonyl (C=O) groups is 3. The molecule has 1 rings (SSSR count). The fourth-order valence-electron chi connectivity index (χ4n) is 1.66. The molecule has 0 fully saturated rings. The van der Waals surface area contributed by atoms with Crippen molar-refractivity contribution in [3.05, 3.63) is 35.9 Å². The van der Waals surface area contributed by atoms with Crippen molar-refractivity contribution in [3.8, 4) is 0 Å². The third kappa shape index (κ3) is 4.19. The molecule has 0 aliphatic rings. The molecule has 0 aliphatic carbocycles. The molecular weight excluding hydrogens is 258 g/mol. The molecule has 20 heavy (non-hydrogen) atoms. The fraction of sp³-hybridized carbons (Fsp3) is 0.400. The summed E-state index contributed by atoms with van der Waals surface area (Å²) >= 11 is 0. The first-order valence-corrected chi connectivity index (χ1v) is 6.36. The number of Topliss-reactive ketones (excluding diaryl/α,β-unsaturated/α-hetero) is 1. The lowest BCUT2D eigenvalue weighted by atomic mass is 9.84. The van der Waals surface area contributed by atoms with Gasteiger partial charge in [0.25, 0.3) is 0 Å². The van der Waals surface area contributed by atoms with Gasteiger partial charge < -0.3 is 10.4 Å². The molecule has 0 aliphatic heterocycles. The lowest BCUT2D eigenvalue weighted by molar-refractivity contribution is -0.142. The zero-order chi connectivity index (χ0) is 15.3. The van der Waals surface area contributed by atoms with E-state index in [-0.39, 0.29) is 12.2 Å². The quantitative estimate of drug-likeness (QED) is 0.778. The molecule has 108 valence electrons. The summed E-state index contributed by atoms with van der Waals surface area (Å²) in [5.74, 6) is -1.70. The highest BCUT2D eigenvalue weighted by Crippen LogP contribution is 2.23. The van der Waals surface area contributed by atoms with Crippen LogP contribution in [0.1, 0.15) is 37.6 Å². The predicted molar refractivity (Wildman–Crippen MR) is 74.4 cm³/mol. The van der Waals surface area contributed by atoms with E-state index < -0.39 is 23.3 Å². The Morgan fingerprint density at radius 1 is 1.20 bits per heavy atom. The van der Waals surface area contributed by atoms with Crippen molar-refractivity contribution >= 4 is 17.7 Å². The van der Waals surface area contributed by atoms with E-state index in [1.165, 1.54) is 6.92 Å². The Bertz CT molecular complexity index is 508. The van der Waals surface area contributed by atoms with Gasteiger partial charge >= 0.3 is 5.97 Å². The summed E-state index contributed by atoms with van der Waals surface area (Å²) in [7, 11) is 0. The predicted octanol–water partition coefficient (Wildman–Crippen LogP) is 1.87. The zero-order valence-corrected chi connectivity index (χ0v) is 11.8. The summed E-state index contributed by atoms with van der Waals surface area (Å²) < 4.78 is 0. The van der Waals surface area contributed by atoms with Gasteiger partial charge in [0.1, 0.15) is 6.04 Å². The van der Waals surface area contributed by atoms with Gasteiger partial charge in [0.2, 0.25) is 5.91 Å². The molecule has 1 amide bonds. The molecule has 5 heteroatoms. The van der Waals surface area contributed by atoms with Crippen LogP contribution < -0.4 is 5.32 Å². The van der Waals surface area contributed by atoms with Gasteiger partial charge in [-0.15, -0.1) is 0 Å². The van der Waals surface area contributed by atoms with Crippen LogP contribution in [0.5, 0.6) is 0 Å². The van der Waals surface area contributed by atoms with E-state index in [0.29, 0.717) is 5.56 Å². The average molecular weight is 277 g/mol. The summed E-state index contributed by atoms with van der Waals surface area (Å²) in [6, 6.07) is 7.73. The van der Waals surface area contributed by atoms with Crippen molar-refractivity contribution in [2.45, 2.75) is 33.2 Å². The molecule has 0 spiro atoms. The highest BCUT2D eigenvalue weighted by Gasteiger charge is 2.32. The maximum absolute atomic E-state index is 12.1. The van der Waals surface area contributed by atoms with Crippen LogP contribution in [0.2, 0.25) is 0 Å². The second-order valence-electron chi connectivity index (χ2n) is 5.38. The number of aliphatic carboxylic acids is 1. The molecule has 2 N–H and O–H groups in total. The maximum Gasteiger partial charge on any atom is 0.325 e. The van der Waals surface area contributed by atoms with E-state index in [2.05, 4.69) is 5.32 Å². The number of rotatable bonds is 6. The number of carboxylic acid groups (broad SMARTS) is 1. The molecule has 0 unspecified atom stereocenters. The minimum atomic E-state index is -1.11. The fourth-order valence-corrected chi connectivity index (χ4v) is 1.66. The molecule has 1 aromatic rings. The number of hydrogen-bond donors (Lipinski definition) is 2. The van der Waals surface area contributed by atoms with Gasteiger partial charge in [0.05, 0.1) is 5.41 Å². The van der Waals surface area contributed by atoms with Crippen molar-refractivity contribution in [3.63, 3.8) is 0 Å². The molecule has 0 saturated heterocycles. The Balaban J connectivity index is 2.72. The molecule has 1 aromatic carbocycles. The normalized spacial score (nSPS) is 12.6. The van der Waals surface area contributed by atoms with Crippen LogP contribution in [0, 0.1) is 5.41 Å². The lowest BCUT2D eigenvalue weighted by Gasteiger charge is -2.24. The van der Waals surface area contributed by atoms with Crippen LogP contribution >= 0.6 is 0 Å². The van der Waals surface area contributed by atoms with E-state index in [9.17, 15) is 14.4 Å². The third-order valence-corrected chi connectivity index (χ3v) is 3.03. The highest BCUT2D eigenvalue weighted by atomic mass is 16.4. The van der Waals surface area contributed by atoms with Gasteiger partial charge in [-0.2, -0.15) is 0 Å². The van der Waals surface area contributed by atoms with E-state index in [1.807, 2.05) is 6.07 Å². The van der Waals surface area contributed by atoms with E-state index in [1.54, 1.807) is 38.1 Å². The molecule has 0 aromatic heterocycles. The van der Waals surface area contributed by atoms with Crippen molar-refractivity contribution in [2.75, 3.05) is 0 Å². The Kier molecular flexibility index (Phi) is 5.02. The van der Waals surface area contributed by atoms with Crippen molar-refractivity contribution in [1.82, 2.24) is 5.32 Å². The van der Waals surface area contributed by atoms with Crippen LogP contribution in [0.15, 0.2) is 30.3 Å². The molecule has 0 heterocycles. The van der Waals surface area contributed by atoms with Crippen LogP contribution in [-0.4, -0.2) is 28.8 Å². The Labute approximate surface area is 118 Å². The molecule has 0 saturated carbocycles. The summed E-state index contributed by atoms with van der Waals surface area (Å²) in [5.41, 5.74) is -0.420. The van der Waals surface area contributed by atoms with Gasteiger partial charge in [-0.3, -0.25) is 14.4 Å². The van der Waals surface area contributed by atoms with Crippen molar-refractivity contribution in [2.24, 2.45) is 5.41 Å². The Morgan fingerprint density at radius 2 is 1.75 bits per heavy atom. The zero-order valence-electron chi connectivity index (χ0n) is 11.8. The van der Waals surface area contributed by atoms with Crippen LogP contribution in [0.25, 0.3) is 0 Å². The summed E-state index contributed by atoms with van der Waals surface area (Å²) in [5, 5.41) is 11.2. The lowest BCUT2D eigenvalue weighted by Crippen LogP contribution is -2.45. The number of carboxylic acids is 1. The first-order valence-electron chi connectivity index (χ1n) is 6.36. The largest absolute Gasteiger partial charge is 0.480 e. The van der Waals surface area contributed by atoms with Crippen molar-refractivity contribution < 1.29 is 19.5 Å². The van der Waals surface area contributed by atoms with Crippen LogP contribution in [0.3, 0.4) is 0 Å². The van der Waals surface area contributed by atoms with Gasteiger partial charge in [-0.25, -0.2) is 0 Å². The number of hydrogen-bond acceptors (Lipinski definition) is 3. The average Bonchev–Trinajstić information content (AvgIpc) is 2.38. The second kappa shape index (κ2) is 6.32. The maximum atomic E-state index is 12.1. The summed E-state index contributed by atoms with van der Waals surface area (Å²) in [6.45, 7) is 4.63. The highest BCUT2D eigenvalue weighted by molar-refractivity contribution is 5.99. The SMILES string of the molecule is C[C@H](NC(=O)C(C)(C)CC(=O)c1ccccc1)C(=O)O. The van der Waals surface area contributed by atoms with Gasteiger partial charge in [0, 0.05) is 12.0 Å². The molecule has 0 radical (unpaired) electrons. The molecule has 1 atom stereocenters. The first kappa shape index (κ1) is 15.9. The van der Waals surface area contributed by atoms with Gasteiger partial charge in [-0.05, 0) is 6.92 Å². The standard InChI is InChI=1S/C15H19NO4/c1-10(13(18)19)16-14(20)15(2,3)9-12(17)11-7-5-4-6-8-11/h4-8,10H,9H2,1-3H3,(H,16,20)(H,18,19)/t10-/m0/s1. The van der Waals surface area contributed by atoms with E-state index in [4.69, 9.17) is 5.11 Å². The smallest absolute Gasteiger partial charge is 0.325 e. The number of ketones is 1. The van der Waals surface area contributed by atoms with Crippen LogP contribution in [-0.2, 0) is 9.59 Å². The molecule has 0 bridgehead atoms. The number of amides is 1. The van der Waals surface area contributed by atoms with Crippen molar-refractivity contribution in [1.29, 1.82) is 0 Å². The topological polar surface area (TPSA) is 83.5 Å². The third-order valence-electron chi connectivity index (χ3n) is 3.03. The monoisotopic (exact) mass is 277 g/mol. The number of nitrogens with one attached hydrogen (secondary N) is 1. The van der Waals surface area contributed by atoms with Crippen LogP contribution in [0.4, 0.5) is 0 Å². The minimum absolute atomic E-state index is 0.0230. The summed E-state index contributed by atoms with van der Waals surface area (Å²) in [6.07, 6.45) is 0.0230. The molecular formula is C15H19NO4.